The number of benzene rings is 1. The van der Waals surface area contributed by atoms with E-state index >= 15 is 0 Å². The Kier molecular flexibility index (Phi) is 5.74. The van der Waals surface area contributed by atoms with Gasteiger partial charge in [-0.2, -0.15) is 0 Å². The van der Waals surface area contributed by atoms with Crippen molar-refractivity contribution in [2.24, 2.45) is 5.92 Å². The fourth-order valence-corrected chi connectivity index (χ4v) is 2.26. The molecular formula is C16H23NO3. The Balaban J connectivity index is 2.89. The third kappa shape index (κ3) is 4.08. The molecule has 0 unspecified atom stereocenters. The Labute approximate surface area is 120 Å². The van der Waals surface area contributed by atoms with Crippen molar-refractivity contribution in [1.82, 2.24) is 0 Å². The maximum absolute atomic E-state index is 12.0. The Bertz CT molecular complexity index is 505. The van der Waals surface area contributed by atoms with E-state index in [0.29, 0.717) is 23.6 Å². The summed E-state index contributed by atoms with van der Waals surface area (Å²) in [6, 6.07) is 3.33. The highest BCUT2D eigenvalue weighted by atomic mass is 16.4. The fraction of sp³-hybridized carbons (Fsp3) is 0.500. The molecule has 0 atom stereocenters. The second kappa shape index (κ2) is 7.08. The number of carboxylic acids is 1. The van der Waals surface area contributed by atoms with E-state index in [0.717, 1.165) is 18.4 Å². The van der Waals surface area contributed by atoms with Crippen molar-refractivity contribution in [3.05, 3.63) is 28.8 Å². The number of rotatable bonds is 6. The first-order valence-corrected chi connectivity index (χ1v) is 7.03. The molecule has 1 aromatic rings. The fourth-order valence-electron chi connectivity index (χ4n) is 2.26. The van der Waals surface area contributed by atoms with Gasteiger partial charge in [0.1, 0.15) is 0 Å². The monoisotopic (exact) mass is 277 g/mol. The Morgan fingerprint density at radius 3 is 2.25 bits per heavy atom. The van der Waals surface area contributed by atoms with Crippen molar-refractivity contribution in [2.45, 2.75) is 47.0 Å². The van der Waals surface area contributed by atoms with Gasteiger partial charge >= 0.3 is 5.97 Å². The van der Waals surface area contributed by atoms with Gasteiger partial charge in [0.15, 0.2) is 0 Å². The maximum atomic E-state index is 12.0. The van der Waals surface area contributed by atoms with Gasteiger partial charge in [0.25, 0.3) is 0 Å². The van der Waals surface area contributed by atoms with E-state index in [-0.39, 0.29) is 11.5 Å². The number of anilines is 1. The number of hydrogen-bond acceptors (Lipinski definition) is 2. The van der Waals surface area contributed by atoms with E-state index in [9.17, 15) is 9.59 Å². The van der Waals surface area contributed by atoms with Crippen LogP contribution in [-0.4, -0.2) is 17.0 Å². The van der Waals surface area contributed by atoms with Crippen LogP contribution < -0.4 is 5.32 Å². The minimum absolute atomic E-state index is 0.0537. The predicted octanol–water partition coefficient (Wildman–Crippen LogP) is 3.77. The minimum Gasteiger partial charge on any atom is -0.478 e. The highest BCUT2D eigenvalue weighted by molar-refractivity contribution is 5.95. The van der Waals surface area contributed by atoms with Gasteiger partial charge < -0.3 is 10.4 Å². The topological polar surface area (TPSA) is 66.4 Å². The van der Waals surface area contributed by atoms with Gasteiger partial charge in [0.2, 0.25) is 5.91 Å². The van der Waals surface area contributed by atoms with Gasteiger partial charge in [-0.25, -0.2) is 4.79 Å². The van der Waals surface area contributed by atoms with Crippen LogP contribution in [0.3, 0.4) is 0 Å². The summed E-state index contributed by atoms with van der Waals surface area (Å²) in [6.45, 7) is 7.76. The largest absolute Gasteiger partial charge is 0.478 e. The first kappa shape index (κ1) is 16.2. The van der Waals surface area contributed by atoms with E-state index in [2.05, 4.69) is 19.2 Å². The molecule has 110 valence electrons. The predicted molar refractivity (Wildman–Crippen MR) is 80.2 cm³/mol. The van der Waals surface area contributed by atoms with Crippen LogP contribution in [0.5, 0.6) is 0 Å². The van der Waals surface area contributed by atoms with Gasteiger partial charge in [-0.3, -0.25) is 4.79 Å². The molecule has 0 saturated carbocycles. The van der Waals surface area contributed by atoms with Gasteiger partial charge in [-0.1, -0.05) is 32.8 Å². The van der Waals surface area contributed by atoms with E-state index in [4.69, 9.17) is 5.11 Å². The first-order valence-electron chi connectivity index (χ1n) is 7.03. The van der Waals surface area contributed by atoms with Crippen LogP contribution in [0, 0.1) is 19.8 Å². The van der Waals surface area contributed by atoms with Crippen molar-refractivity contribution < 1.29 is 14.7 Å². The quantitative estimate of drug-likeness (QED) is 0.831. The SMILES string of the molecule is CCC(CC)CC(=O)Nc1cc(C(=O)O)c(C)cc1C. The smallest absolute Gasteiger partial charge is 0.336 e. The maximum Gasteiger partial charge on any atom is 0.336 e. The van der Waals surface area contributed by atoms with Crippen molar-refractivity contribution in [3.8, 4) is 0 Å². The summed E-state index contributed by atoms with van der Waals surface area (Å²) in [7, 11) is 0. The lowest BCUT2D eigenvalue weighted by Gasteiger charge is -2.14. The molecule has 1 rings (SSSR count). The molecule has 4 heteroatoms. The summed E-state index contributed by atoms with van der Waals surface area (Å²) < 4.78 is 0. The summed E-state index contributed by atoms with van der Waals surface area (Å²) in [5.74, 6) is -0.653. The molecule has 0 aromatic heterocycles. The van der Waals surface area contributed by atoms with Crippen molar-refractivity contribution >= 4 is 17.6 Å². The average Bonchev–Trinajstić information content (AvgIpc) is 2.38. The van der Waals surface area contributed by atoms with Crippen LogP contribution in [-0.2, 0) is 4.79 Å². The molecule has 0 saturated heterocycles. The molecule has 20 heavy (non-hydrogen) atoms. The van der Waals surface area contributed by atoms with Gasteiger partial charge in [0.05, 0.1) is 5.56 Å². The average molecular weight is 277 g/mol. The summed E-state index contributed by atoms with van der Waals surface area (Å²) in [5.41, 5.74) is 2.40. The van der Waals surface area contributed by atoms with Gasteiger partial charge in [-0.15, -0.1) is 0 Å². The highest BCUT2D eigenvalue weighted by Gasteiger charge is 2.14. The zero-order valence-electron chi connectivity index (χ0n) is 12.6. The minimum atomic E-state index is -0.974. The molecule has 0 aliphatic carbocycles. The molecule has 0 fully saturated rings. The van der Waals surface area contributed by atoms with Crippen molar-refractivity contribution in [2.75, 3.05) is 5.32 Å². The second-order valence-corrected chi connectivity index (χ2v) is 5.22. The van der Waals surface area contributed by atoms with Crippen LogP contribution in [0.15, 0.2) is 12.1 Å². The molecule has 4 nitrogen and oxygen atoms in total. The molecular weight excluding hydrogens is 254 g/mol. The third-order valence-corrected chi connectivity index (χ3v) is 3.70. The highest BCUT2D eigenvalue weighted by Crippen LogP contribution is 2.22. The number of carboxylic acid groups (broad SMARTS) is 1. The lowest BCUT2D eigenvalue weighted by atomic mass is 9.98. The normalized spacial score (nSPS) is 10.7. The number of amides is 1. The molecule has 0 aliphatic rings. The second-order valence-electron chi connectivity index (χ2n) is 5.22. The zero-order chi connectivity index (χ0) is 15.3. The number of aromatic carboxylic acids is 1. The molecule has 1 amide bonds. The number of hydrogen-bond donors (Lipinski definition) is 2. The molecule has 0 aliphatic heterocycles. The van der Waals surface area contributed by atoms with E-state index in [1.165, 1.54) is 6.07 Å². The lowest BCUT2D eigenvalue weighted by molar-refractivity contribution is -0.117. The van der Waals surface area contributed by atoms with E-state index in [1.807, 2.05) is 6.92 Å². The summed E-state index contributed by atoms with van der Waals surface area (Å²) in [5, 5.41) is 12.0. The third-order valence-electron chi connectivity index (χ3n) is 3.70. The molecule has 2 N–H and O–H groups in total. The first-order chi connectivity index (χ1) is 9.38. The van der Waals surface area contributed by atoms with Crippen LogP contribution in [0.2, 0.25) is 0 Å². The molecule has 0 spiro atoms. The van der Waals surface area contributed by atoms with Crippen LogP contribution >= 0.6 is 0 Å². The number of carbonyl (C=O) groups excluding carboxylic acids is 1. The molecule has 1 aromatic carbocycles. The van der Waals surface area contributed by atoms with E-state index < -0.39 is 5.97 Å². The number of aryl methyl sites for hydroxylation is 2. The van der Waals surface area contributed by atoms with Crippen LogP contribution in [0.25, 0.3) is 0 Å². The van der Waals surface area contributed by atoms with Crippen LogP contribution in [0.1, 0.15) is 54.6 Å². The summed E-state index contributed by atoms with van der Waals surface area (Å²) in [6.07, 6.45) is 2.41. The van der Waals surface area contributed by atoms with Crippen LogP contribution in [0.4, 0.5) is 5.69 Å². The standard InChI is InChI=1S/C16H23NO3/c1-5-12(6-2)8-15(18)17-14-9-13(16(19)20)10(3)7-11(14)4/h7,9,12H,5-6,8H2,1-4H3,(H,17,18)(H,19,20). The summed E-state index contributed by atoms with van der Waals surface area (Å²) >= 11 is 0. The zero-order valence-corrected chi connectivity index (χ0v) is 12.6. The Hall–Kier alpha value is -1.84. The van der Waals surface area contributed by atoms with Crippen molar-refractivity contribution in [1.29, 1.82) is 0 Å². The number of carbonyl (C=O) groups is 2. The van der Waals surface area contributed by atoms with Gasteiger partial charge in [-0.05, 0) is 37.0 Å². The van der Waals surface area contributed by atoms with Crippen molar-refractivity contribution in [3.63, 3.8) is 0 Å². The van der Waals surface area contributed by atoms with Gasteiger partial charge in [0, 0.05) is 12.1 Å². The molecule has 0 heterocycles. The van der Waals surface area contributed by atoms with E-state index in [1.54, 1.807) is 13.0 Å². The molecule has 0 radical (unpaired) electrons. The number of nitrogens with one attached hydrogen (secondary N) is 1. The summed E-state index contributed by atoms with van der Waals surface area (Å²) in [4.78, 5) is 23.1. The lowest BCUT2D eigenvalue weighted by Crippen LogP contribution is -2.17. The molecule has 0 bridgehead atoms. The Morgan fingerprint density at radius 2 is 1.75 bits per heavy atom. The Morgan fingerprint density at radius 1 is 1.15 bits per heavy atom.